The highest BCUT2D eigenvalue weighted by Crippen LogP contribution is 2.34. The van der Waals surface area contributed by atoms with E-state index in [2.05, 4.69) is 21.2 Å². The molecular weight excluding hydrogens is 345 g/mol. The number of aromatic nitrogens is 2. The van der Waals surface area contributed by atoms with Crippen LogP contribution in [0.2, 0.25) is 0 Å². The minimum Gasteiger partial charge on any atom is -0.369 e. The van der Waals surface area contributed by atoms with Crippen molar-refractivity contribution >= 4 is 21.7 Å². The van der Waals surface area contributed by atoms with Crippen molar-refractivity contribution in [3.63, 3.8) is 0 Å². The summed E-state index contributed by atoms with van der Waals surface area (Å²) in [4.78, 5) is 0. The standard InChI is InChI=1S/C17H13BrFN3/c18-12-4-6-14(7-5-12)22-17-15(8-9-20-17)16(21-22)11-2-1-3-13(19)10-11/h1-7,10,20H,8-9H2. The monoisotopic (exact) mass is 357 g/mol. The van der Waals surface area contributed by atoms with Gasteiger partial charge in [0.05, 0.1) is 11.4 Å². The fraction of sp³-hybridized carbons (Fsp3) is 0.118. The number of nitrogens with zero attached hydrogens (tertiary/aromatic N) is 2. The van der Waals surface area contributed by atoms with E-state index in [-0.39, 0.29) is 5.82 Å². The Balaban J connectivity index is 1.88. The van der Waals surface area contributed by atoms with Crippen molar-refractivity contribution in [1.82, 2.24) is 9.78 Å². The van der Waals surface area contributed by atoms with Gasteiger partial charge >= 0.3 is 0 Å². The Bertz CT molecular complexity index is 840. The molecule has 0 unspecified atom stereocenters. The molecule has 1 N–H and O–H groups in total. The number of anilines is 1. The topological polar surface area (TPSA) is 29.9 Å². The second-order valence-corrected chi connectivity index (χ2v) is 6.17. The lowest BCUT2D eigenvalue weighted by molar-refractivity contribution is 0.628. The lowest BCUT2D eigenvalue weighted by Crippen LogP contribution is -2.04. The van der Waals surface area contributed by atoms with E-state index in [1.54, 1.807) is 6.07 Å². The van der Waals surface area contributed by atoms with Gasteiger partial charge in [-0.1, -0.05) is 28.1 Å². The van der Waals surface area contributed by atoms with Crippen LogP contribution in [0, 0.1) is 5.82 Å². The highest BCUT2D eigenvalue weighted by atomic mass is 79.9. The smallest absolute Gasteiger partial charge is 0.133 e. The van der Waals surface area contributed by atoms with E-state index >= 15 is 0 Å². The molecule has 0 fully saturated rings. The summed E-state index contributed by atoms with van der Waals surface area (Å²) in [5.41, 5.74) is 3.79. The maximum Gasteiger partial charge on any atom is 0.133 e. The normalized spacial score (nSPS) is 13.0. The molecule has 2 heterocycles. The van der Waals surface area contributed by atoms with Crippen LogP contribution in [0.25, 0.3) is 16.9 Å². The van der Waals surface area contributed by atoms with Gasteiger partial charge in [0.25, 0.3) is 0 Å². The van der Waals surface area contributed by atoms with Gasteiger partial charge in [0.2, 0.25) is 0 Å². The summed E-state index contributed by atoms with van der Waals surface area (Å²) in [6.07, 6.45) is 0.901. The Hall–Kier alpha value is -2.14. The molecule has 0 bridgehead atoms. The van der Waals surface area contributed by atoms with Crippen molar-refractivity contribution in [2.24, 2.45) is 0 Å². The predicted octanol–water partition coefficient (Wildman–Crippen LogP) is 4.41. The van der Waals surface area contributed by atoms with Crippen molar-refractivity contribution in [3.8, 4) is 16.9 Å². The summed E-state index contributed by atoms with van der Waals surface area (Å²) in [5, 5.41) is 8.10. The van der Waals surface area contributed by atoms with Crippen LogP contribution < -0.4 is 5.32 Å². The van der Waals surface area contributed by atoms with E-state index in [1.807, 2.05) is 35.0 Å². The SMILES string of the molecule is Fc1cccc(-c2nn(-c3ccc(Br)cc3)c3c2CCN3)c1. The molecule has 0 radical (unpaired) electrons. The van der Waals surface area contributed by atoms with Crippen LogP contribution in [0.4, 0.5) is 10.2 Å². The maximum absolute atomic E-state index is 13.5. The molecule has 0 spiro atoms. The fourth-order valence-corrected chi connectivity index (χ4v) is 3.08. The molecule has 0 saturated heterocycles. The molecule has 5 heteroatoms. The van der Waals surface area contributed by atoms with E-state index in [0.29, 0.717) is 0 Å². The first-order valence-corrected chi connectivity index (χ1v) is 7.89. The number of nitrogens with one attached hydrogen (secondary N) is 1. The summed E-state index contributed by atoms with van der Waals surface area (Å²) < 4.78 is 16.4. The number of halogens is 2. The first-order valence-electron chi connectivity index (χ1n) is 7.10. The van der Waals surface area contributed by atoms with Crippen molar-refractivity contribution in [3.05, 3.63) is 64.4 Å². The fourth-order valence-electron chi connectivity index (χ4n) is 2.81. The van der Waals surface area contributed by atoms with Gasteiger partial charge in [-0.25, -0.2) is 9.07 Å². The number of benzene rings is 2. The van der Waals surface area contributed by atoms with Crippen LogP contribution >= 0.6 is 15.9 Å². The predicted molar refractivity (Wildman–Crippen MR) is 88.9 cm³/mol. The van der Waals surface area contributed by atoms with E-state index < -0.39 is 0 Å². The van der Waals surface area contributed by atoms with E-state index in [1.165, 1.54) is 12.1 Å². The highest BCUT2D eigenvalue weighted by Gasteiger charge is 2.23. The van der Waals surface area contributed by atoms with Crippen LogP contribution in [0.5, 0.6) is 0 Å². The molecule has 0 amide bonds. The van der Waals surface area contributed by atoms with Gasteiger partial charge in [0.15, 0.2) is 0 Å². The van der Waals surface area contributed by atoms with Gasteiger partial charge in [-0.2, -0.15) is 5.10 Å². The summed E-state index contributed by atoms with van der Waals surface area (Å²) in [7, 11) is 0. The molecular formula is C17H13BrFN3. The Morgan fingerprint density at radius 3 is 2.73 bits per heavy atom. The van der Waals surface area contributed by atoms with Crippen molar-refractivity contribution in [1.29, 1.82) is 0 Å². The third kappa shape index (κ3) is 2.22. The van der Waals surface area contributed by atoms with E-state index in [9.17, 15) is 4.39 Å². The summed E-state index contributed by atoms with van der Waals surface area (Å²) in [6.45, 7) is 0.881. The van der Waals surface area contributed by atoms with Crippen LogP contribution in [0.3, 0.4) is 0 Å². The molecule has 2 aromatic carbocycles. The summed E-state index contributed by atoms with van der Waals surface area (Å²) >= 11 is 3.44. The van der Waals surface area contributed by atoms with Crippen LogP contribution in [-0.2, 0) is 6.42 Å². The second kappa shape index (κ2) is 5.25. The zero-order valence-corrected chi connectivity index (χ0v) is 13.3. The largest absolute Gasteiger partial charge is 0.369 e. The number of hydrogen-bond acceptors (Lipinski definition) is 2. The molecule has 110 valence electrons. The molecule has 0 aliphatic carbocycles. The lowest BCUT2D eigenvalue weighted by atomic mass is 10.1. The maximum atomic E-state index is 13.5. The van der Waals surface area contributed by atoms with Crippen LogP contribution in [-0.4, -0.2) is 16.3 Å². The van der Waals surface area contributed by atoms with Crippen LogP contribution in [0.15, 0.2) is 53.0 Å². The molecule has 0 saturated carbocycles. The zero-order valence-electron chi connectivity index (χ0n) is 11.7. The lowest BCUT2D eigenvalue weighted by Gasteiger charge is -2.06. The van der Waals surface area contributed by atoms with E-state index in [0.717, 1.165) is 45.8 Å². The number of rotatable bonds is 2. The van der Waals surface area contributed by atoms with Gasteiger partial charge in [-0.3, -0.25) is 0 Å². The van der Waals surface area contributed by atoms with Crippen LogP contribution in [0.1, 0.15) is 5.56 Å². The summed E-state index contributed by atoms with van der Waals surface area (Å²) in [5.74, 6) is 0.761. The van der Waals surface area contributed by atoms with E-state index in [4.69, 9.17) is 5.10 Å². The molecule has 4 rings (SSSR count). The first kappa shape index (κ1) is 13.5. The quantitative estimate of drug-likeness (QED) is 0.736. The molecule has 0 atom stereocenters. The molecule has 3 aromatic rings. The van der Waals surface area contributed by atoms with Crippen molar-refractivity contribution in [2.75, 3.05) is 11.9 Å². The first-order chi connectivity index (χ1) is 10.7. The van der Waals surface area contributed by atoms with Gasteiger partial charge in [0, 0.05) is 22.1 Å². The van der Waals surface area contributed by atoms with Crippen molar-refractivity contribution in [2.45, 2.75) is 6.42 Å². The minimum atomic E-state index is -0.240. The Kier molecular flexibility index (Phi) is 3.22. The Morgan fingerprint density at radius 2 is 1.95 bits per heavy atom. The average Bonchev–Trinajstić information content (AvgIpc) is 3.10. The van der Waals surface area contributed by atoms with Gasteiger partial charge < -0.3 is 5.32 Å². The molecule has 1 aromatic heterocycles. The third-order valence-electron chi connectivity index (χ3n) is 3.82. The second-order valence-electron chi connectivity index (χ2n) is 5.25. The molecule has 1 aliphatic rings. The third-order valence-corrected chi connectivity index (χ3v) is 4.35. The molecule has 1 aliphatic heterocycles. The van der Waals surface area contributed by atoms with Gasteiger partial charge in [-0.15, -0.1) is 0 Å². The van der Waals surface area contributed by atoms with Gasteiger partial charge in [0.1, 0.15) is 11.6 Å². The number of hydrogen-bond donors (Lipinski definition) is 1. The Morgan fingerprint density at radius 1 is 1.14 bits per heavy atom. The Labute approximate surface area is 135 Å². The van der Waals surface area contributed by atoms with Gasteiger partial charge in [-0.05, 0) is 42.8 Å². The molecule has 3 nitrogen and oxygen atoms in total. The molecule has 22 heavy (non-hydrogen) atoms. The highest BCUT2D eigenvalue weighted by molar-refractivity contribution is 9.10. The summed E-state index contributed by atoms with van der Waals surface area (Å²) in [6, 6.07) is 14.6. The van der Waals surface area contributed by atoms with Crippen molar-refractivity contribution < 1.29 is 4.39 Å². The number of fused-ring (bicyclic) bond motifs is 1. The minimum absolute atomic E-state index is 0.240. The zero-order chi connectivity index (χ0) is 15.1. The average molecular weight is 358 g/mol.